The summed E-state index contributed by atoms with van der Waals surface area (Å²) in [7, 11) is 0. The van der Waals surface area contributed by atoms with E-state index in [2.05, 4.69) is 5.32 Å². The second-order valence-corrected chi connectivity index (χ2v) is 4.95. The number of rotatable bonds is 3. The lowest BCUT2D eigenvalue weighted by Crippen LogP contribution is -2.00. The van der Waals surface area contributed by atoms with Crippen molar-refractivity contribution in [2.24, 2.45) is 0 Å². The molecule has 0 radical (unpaired) electrons. The lowest BCUT2D eigenvalue weighted by Gasteiger charge is -2.10. The molecule has 0 spiro atoms. The van der Waals surface area contributed by atoms with Gasteiger partial charge in [0.2, 0.25) is 0 Å². The van der Waals surface area contributed by atoms with Crippen LogP contribution >= 0.6 is 34.8 Å². The molecule has 0 aliphatic heterocycles. The van der Waals surface area contributed by atoms with Gasteiger partial charge >= 0.3 is 0 Å². The van der Waals surface area contributed by atoms with Gasteiger partial charge in [-0.25, -0.2) is 0 Å². The number of benzene rings is 2. The van der Waals surface area contributed by atoms with Gasteiger partial charge in [-0.05, 0) is 30.3 Å². The monoisotopic (exact) mass is 301 g/mol. The van der Waals surface area contributed by atoms with Gasteiger partial charge in [-0.15, -0.1) is 0 Å². The van der Waals surface area contributed by atoms with Crippen molar-refractivity contribution in [1.29, 1.82) is 0 Å². The molecule has 0 atom stereocenters. The van der Waals surface area contributed by atoms with Crippen LogP contribution in [0.15, 0.2) is 36.4 Å². The van der Waals surface area contributed by atoms with Crippen LogP contribution in [0, 0.1) is 0 Å². The maximum Gasteiger partial charge on any atom is 0.120 e. The Morgan fingerprint density at radius 3 is 2.61 bits per heavy atom. The summed E-state index contributed by atoms with van der Waals surface area (Å²) in [4.78, 5) is 0. The Labute approximate surface area is 120 Å². The summed E-state index contributed by atoms with van der Waals surface area (Å²) in [5, 5.41) is 14.3. The maximum absolute atomic E-state index is 9.68. The second-order valence-electron chi connectivity index (χ2n) is 3.73. The van der Waals surface area contributed by atoms with Crippen LogP contribution in [0.3, 0.4) is 0 Å². The molecule has 2 nitrogen and oxygen atoms in total. The van der Waals surface area contributed by atoms with Crippen LogP contribution in [0.2, 0.25) is 15.1 Å². The lowest BCUT2D eigenvalue weighted by atomic mass is 10.2. The average molecular weight is 303 g/mol. The number of hydrogen-bond acceptors (Lipinski definition) is 2. The number of phenolic OH excluding ortho intramolecular Hbond substituents is 1. The summed E-state index contributed by atoms with van der Waals surface area (Å²) in [5.74, 6) is 0.185. The summed E-state index contributed by atoms with van der Waals surface area (Å²) in [5.41, 5.74) is 1.40. The fraction of sp³-hybridized carbons (Fsp3) is 0.0769. The molecule has 2 aromatic carbocycles. The van der Waals surface area contributed by atoms with E-state index in [0.717, 1.165) is 0 Å². The fourth-order valence-electron chi connectivity index (χ4n) is 1.53. The van der Waals surface area contributed by atoms with Gasteiger partial charge in [0, 0.05) is 17.1 Å². The van der Waals surface area contributed by atoms with Crippen molar-refractivity contribution < 1.29 is 5.11 Å². The number of aromatic hydroxyl groups is 1. The first kappa shape index (κ1) is 13.3. The number of halogens is 3. The lowest BCUT2D eigenvalue weighted by molar-refractivity contribution is 0.469. The van der Waals surface area contributed by atoms with Gasteiger partial charge in [-0.1, -0.05) is 40.9 Å². The van der Waals surface area contributed by atoms with Gasteiger partial charge in [0.15, 0.2) is 0 Å². The molecule has 2 N–H and O–H groups in total. The predicted molar refractivity (Wildman–Crippen MR) is 76.9 cm³/mol. The molecule has 0 aromatic heterocycles. The Bertz CT molecular complexity index is 570. The van der Waals surface area contributed by atoms with Crippen LogP contribution in [0.1, 0.15) is 5.56 Å². The second kappa shape index (κ2) is 5.70. The summed E-state index contributed by atoms with van der Waals surface area (Å²) in [6.07, 6.45) is 0. The highest BCUT2D eigenvalue weighted by Crippen LogP contribution is 2.30. The summed E-state index contributed by atoms with van der Waals surface area (Å²) < 4.78 is 0. The first-order valence-corrected chi connectivity index (χ1v) is 6.36. The number of hydrogen-bond donors (Lipinski definition) is 2. The minimum absolute atomic E-state index is 0.185. The maximum atomic E-state index is 9.68. The zero-order valence-corrected chi connectivity index (χ0v) is 11.5. The van der Waals surface area contributed by atoms with Crippen LogP contribution in [0.5, 0.6) is 5.75 Å². The minimum atomic E-state index is 0.185. The van der Waals surface area contributed by atoms with Gasteiger partial charge in [0.25, 0.3) is 0 Å². The van der Waals surface area contributed by atoms with E-state index in [1.54, 1.807) is 30.3 Å². The van der Waals surface area contributed by atoms with Crippen molar-refractivity contribution in [3.8, 4) is 5.75 Å². The zero-order valence-electron chi connectivity index (χ0n) is 9.25. The van der Waals surface area contributed by atoms with E-state index < -0.39 is 0 Å². The van der Waals surface area contributed by atoms with Crippen LogP contribution < -0.4 is 5.32 Å². The predicted octanol–water partition coefficient (Wildman–Crippen LogP) is 4.96. The molecule has 0 bridgehead atoms. The van der Waals surface area contributed by atoms with Crippen molar-refractivity contribution in [3.05, 3.63) is 57.0 Å². The Hall–Kier alpha value is -1.09. The molecule has 0 fully saturated rings. The van der Waals surface area contributed by atoms with E-state index in [1.807, 2.05) is 6.07 Å². The largest absolute Gasteiger partial charge is 0.508 e. The Balaban J connectivity index is 2.16. The normalized spacial score (nSPS) is 10.4. The third kappa shape index (κ3) is 3.02. The molecule has 0 aliphatic rings. The molecule has 0 heterocycles. The highest BCUT2D eigenvalue weighted by Gasteiger charge is 2.06. The molecule has 94 valence electrons. The Morgan fingerprint density at radius 2 is 1.83 bits per heavy atom. The fourth-order valence-corrected chi connectivity index (χ4v) is 2.09. The Morgan fingerprint density at radius 1 is 1.06 bits per heavy atom. The van der Waals surface area contributed by atoms with E-state index in [4.69, 9.17) is 34.8 Å². The van der Waals surface area contributed by atoms with E-state index in [0.29, 0.717) is 32.9 Å². The van der Waals surface area contributed by atoms with Gasteiger partial charge in [-0.3, -0.25) is 0 Å². The molecule has 0 saturated carbocycles. The molecule has 0 unspecified atom stereocenters. The minimum Gasteiger partial charge on any atom is -0.508 e. The molecule has 5 heteroatoms. The van der Waals surface area contributed by atoms with Crippen molar-refractivity contribution in [2.45, 2.75) is 6.54 Å². The first-order chi connectivity index (χ1) is 8.58. The van der Waals surface area contributed by atoms with Crippen LogP contribution in [-0.4, -0.2) is 5.11 Å². The van der Waals surface area contributed by atoms with Crippen LogP contribution in [0.25, 0.3) is 0 Å². The van der Waals surface area contributed by atoms with Crippen LogP contribution in [0.4, 0.5) is 5.69 Å². The SMILES string of the molecule is Oc1ccc(Cl)cc1CNc1cccc(Cl)c1Cl. The van der Waals surface area contributed by atoms with Gasteiger partial charge < -0.3 is 10.4 Å². The highest BCUT2D eigenvalue weighted by molar-refractivity contribution is 6.43. The topological polar surface area (TPSA) is 32.3 Å². The summed E-state index contributed by atoms with van der Waals surface area (Å²) in [6.45, 7) is 0.409. The van der Waals surface area contributed by atoms with Crippen molar-refractivity contribution in [2.75, 3.05) is 5.32 Å². The van der Waals surface area contributed by atoms with Crippen molar-refractivity contribution >= 4 is 40.5 Å². The number of nitrogens with one attached hydrogen (secondary N) is 1. The van der Waals surface area contributed by atoms with E-state index in [-0.39, 0.29) is 5.75 Å². The van der Waals surface area contributed by atoms with E-state index >= 15 is 0 Å². The van der Waals surface area contributed by atoms with E-state index in [9.17, 15) is 5.11 Å². The molecule has 0 amide bonds. The zero-order chi connectivity index (χ0) is 13.1. The molecular weight excluding hydrogens is 293 g/mol. The summed E-state index contributed by atoms with van der Waals surface area (Å²) in [6, 6.07) is 10.2. The van der Waals surface area contributed by atoms with E-state index in [1.165, 1.54) is 0 Å². The van der Waals surface area contributed by atoms with Gasteiger partial charge in [0.05, 0.1) is 15.7 Å². The quantitative estimate of drug-likeness (QED) is 0.839. The summed E-state index contributed by atoms with van der Waals surface area (Å²) >= 11 is 17.8. The standard InChI is InChI=1S/C13H10Cl3NO/c14-9-4-5-12(18)8(6-9)7-17-11-3-1-2-10(15)13(11)16/h1-6,17-18H,7H2. The number of phenols is 1. The third-order valence-corrected chi connectivity index (χ3v) is 3.52. The molecule has 0 aliphatic carbocycles. The van der Waals surface area contributed by atoms with Crippen molar-refractivity contribution in [1.82, 2.24) is 0 Å². The smallest absolute Gasteiger partial charge is 0.120 e. The molecule has 2 rings (SSSR count). The molecule has 0 saturated heterocycles. The Kier molecular flexibility index (Phi) is 4.23. The average Bonchev–Trinajstić information content (AvgIpc) is 2.35. The van der Waals surface area contributed by atoms with Crippen LogP contribution in [-0.2, 0) is 6.54 Å². The molecule has 2 aromatic rings. The third-order valence-electron chi connectivity index (χ3n) is 2.46. The first-order valence-electron chi connectivity index (χ1n) is 5.23. The van der Waals surface area contributed by atoms with Gasteiger partial charge in [0.1, 0.15) is 5.75 Å². The highest BCUT2D eigenvalue weighted by atomic mass is 35.5. The molecule has 18 heavy (non-hydrogen) atoms. The number of anilines is 1. The van der Waals surface area contributed by atoms with Gasteiger partial charge in [-0.2, -0.15) is 0 Å². The molecular formula is C13H10Cl3NO. The van der Waals surface area contributed by atoms with Crippen molar-refractivity contribution in [3.63, 3.8) is 0 Å².